The van der Waals surface area contributed by atoms with Crippen LogP contribution in [0.25, 0.3) is 0 Å². The molecule has 84 valence electrons. The van der Waals surface area contributed by atoms with Crippen molar-refractivity contribution in [3.63, 3.8) is 0 Å². The van der Waals surface area contributed by atoms with Crippen LogP contribution in [0.15, 0.2) is 12.1 Å². The average Bonchev–Trinajstić information content (AvgIpc) is 2.14. The summed E-state index contributed by atoms with van der Waals surface area (Å²) in [4.78, 5) is 0. The molecule has 0 aromatic heterocycles. The van der Waals surface area contributed by atoms with E-state index in [1.54, 1.807) is 6.92 Å². The highest BCUT2D eigenvalue weighted by Crippen LogP contribution is 2.38. The van der Waals surface area contributed by atoms with Crippen molar-refractivity contribution in [1.29, 1.82) is 0 Å². The smallest absolute Gasteiger partial charge is 0.133 e. The van der Waals surface area contributed by atoms with Crippen molar-refractivity contribution in [2.75, 3.05) is 6.61 Å². The molecule has 1 aromatic carbocycles. The van der Waals surface area contributed by atoms with Gasteiger partial charge in [0.05, 0.1) is 0 Å². The van der Waals surface area contributed by atoms with Gasteiger partial charge in [-0.25, -0.2) is 4.39 Å². The Morgan fingerprint density at radius 1 is 1.27 bits per heavy atom. The molecule has 0 fully saturated rings. The molecule has 0 aliphatic rings. The third-order valence-corrected chi connectivity index (χ3v) is 2.95. The second kappa shape index (κ2) is 5.35. The van der Waals surface area contributed by atoms with E-state index in [1.165, 1.54) is 12.1 Å². The zero-order valence-corrected chi connectivity index (χ0v) is 10.2. The molecule has 0 spiro atoms. The SMILES string of the molecule is CC(CO)C(F)c1c(Cl)cc(Cl)cc1Cl. The van der Waals surface area contributed by atoms with Crippen molar-refractivity contribution in [2.45, 2.75) is 13.1 Å². The van der Waals surface area contributed by atoms with Gasteiger partial charge < -0.3 is 5.11 Å². The summed E-state index contributed by atoms with van der Waals surface area (Å²) in [6.45, 7) is 1.31. The molecule has 0 aliphatic heterocycles. The fourth-order valence-corrected chi connectivity index (χ4v) is 2.22. The van der Waals surface area contributed by atoms with Gasteiger partial charge in [0.25, 0.3) is 0 Å². The Bertz CT molecular complexity index is 334. The van der Waals surface area contributed by atoms with Crippen LogP contribution in [-0.4, -0.2) is 11.7 Å². The quantitative estimate of drug-likeness (QED) is 0.869. The van der Waals surface area contributed by atoms with Crippen molar-refractivity contribution in [3.8, 4) is 0 Å². The van der Waals surface area contributed by atoms with Gasteiger partial charge in [0.2, 0.25) is 0 Å². The molecule has 1 aromatic rings. The van der Waals surface area contributed by atoms with Crippen molar-refractivity contribution < 1.29 is 9.50 Å². The maximum Gasteiger partial charge on any atom is 0.133 e. The second-order valence-corrected chi connectivity index (χ2v) is 4.60. The van der Waals surface area contributed by atoms with Crippen molar-refractivity contribution in [3.05, 3.63) is 32.8 Å². The summed E-state index contributed by atoms with van der Waals surface area (Å²) in [5.41, 5.74) is 0.185. The third-order valence-electron chi connectivity index (χ3n) is 2.11. The normalized spacial score (nSPS) is 15.1. The van der Waals surface area contributed by atoms with Gasteiger partial charge in [-0.05, 0) is 12.1 Å². The minimum absolute atomic E-state index is 0.181. The molecule has 1 N–H and O–H groups in total. The summed E-state index contributed by atoms with van der Waals surface area (Å²) >= 11 is 17.4. The molecule has 2 atom stereocenters. The Morgan fingerprint density at radius 3 is 2.13 bits per heavy atom. The summed E-state index contributed by atoms with van der Waals surface area (Å²) in [7, 11) is 0. The van der Waals surface area contributed by atoms with Gasteiger partial charge in [0.15, 0.2) is 0 Å². The number of hydrogen-bond donors (Lipinski definition) is 1. The Hall–Kier alpha value is -0.0200. The summed E-state index contributed by atoms with van der Waals surface area (Å²) in [6.07, 6.45) is -1.40. The lowest BCUT2D eigenvalue weighted by molar-refractivity contribution is 0.152. The summed E-state index contributed by atoms with van der Waals surface area (Å²) < 4.78 is 13.8. The third kappa shape index (κ3) is 2.97. The molecule has 0 saturated carbocycles. The van der Waals surface area contributed by atoms with Gasteiger partial charge in [0.1, 0.15) is 6.17 Å². The first-order valence-corrected chi connectivity index (χ1v) is 5.50. The number of benzene rings is 1. The zero-order chi connectivity index (χ0) is 11.6. The van der Waals surface area contributed by atoms with Crippen LogP contribution in [0.2, 0.25) is 15.1 Å². The van der Waals surface area contributed by atoms with Gasteiger partial charge in [-0.1, -0.05) is 41.7 Å². The largest absolute Gasteiger partial charge is 0.396 e. The first-order chi connectivity index (χ1) is 6.97. The van der Waals surface area contributed by atoms with Gasteiger partial charge >= 0.3 is 0 Å². The maximum absolute atomic E-state index is 13.8. The monoisotopic (exact) mass is 270 g/mol. The van der Waals surface area contributed by atoms with Gasteiger partial charge in [-0.2, -0.15) is 0 Å². The first-order valence-electron chi connectivity index (χ1n) is 4.36. The van der Waals surface area contributed by atoms with E-state index in [-0.39, 0.29) is 22.2 Å². The molecule has 1 rings (SSSR count). The van der Waals surface area contributed by atoms with Crippen molar-refractivity contribution >= 4 is 34.8 Å². The fraction of sp³-hybridized carbons (Fsp3) is 0.400. The van der Waals surface area contributed by atoms with Crippen LogP contribution in [0.5, 0.6) is 0 Å². The number of hydrogen-bond acceptors (Lipinski definition) is 1. The van der Waals surface area contributed by atoms with Crippen LogP contribution in [0.3, 0.4) is 0 Å². The Balaban J connectivity index is 3.13. The molecule has 1 nitrogen and oxygen atoms in total. The lowest BCUT2D eigenvalue weighted by Crippen LogP contribution is -2.10. The highest BCUT2D eigenvalue weighted by Gasteiger charge is 2.23. The lowest BCUT2D eigenvalue weighted by Gasteiger charge is -2.17. The number of aliphatic hydroxyl groups is 1. The molecule has 0 aliphatic carbocycles. The Labute approximate surface area is 103 Å². The summed E-state index contributed by atoms with van der Waals surface area (Å²) in [5.74, 6) is -0.554. The number of rotatable bonds is 3. The van der Waals surface area contributed by atoms with E-state index in [2.05, 4.69) is 0 Å². The molecule has 0 bridgehead atoms. The van der Waals surface area contributed by atoms with E-state index >= 15 is 0 Å². The van der Waals surface area contributed by atoms with E-state index in [9.17, 15) is 4.39 Å². The van der Waals surface area contributed by atoms with E-state index in [4.69, 9.17) is 39.9 Å². The second-order valence-electron chi connectivity index (χ2n) is 3.34. The Morgan fingerprint density at radius 2 is 1.73 bits per heavy atom. The molecule has 0 heterocycles. The van der Waals surface area contributed by atoms with Gasteiger partial charge in [0, 0.05) is 33.2 Å². The highest BCUT2D eigenvalue weighted by atomic mass is 35.5. The van der Waals surface area contributed by atoms with Crippen LogP contribution in [0.1, 0.15) is 18.7 Å². The fourth-order valence-electron chi connectivity index (χ4n) is 1.19. The van der Waals surface area contributed by atoms with E-state index in [0.29, 0.717) is 5.02 Å². The molecule has 15 heavy (non-hydrogen) atoms. The molecule has 2 unspecified atom stereocenters. The van der Waals surface area contributed by atoms with Crippen LogP contribution in [0.4, 0.5) is 4.39 Å². The average molecular weight is 272 g/mol. The molecular formula is C10H10Cl3FO. The minimum Gasteiger partial charge on any atom is -0.396 e. The molecule has 0 radical (unpaired) electrons. The standard InChI is InChI=1S/C10H10Cl3FO/c1-5(4-15)10(14)9-7(12)2-6(11)3-8(9)13/h2-3,5,10,15H,4H2,1H3. The van der Waals surface area contributed by atoms with Crippen LogP contribution < -0.4 is 0 Å². The van der Waals surface area contributed by atoms with Crippen LogP contribution in [0, 0.1) is 5.92 Å². The number of halogens is 4. The van der Waals surface area contributed by atoms with Gasteiger partial charge in [-0.15, -0.1) is 0 Å². The van der Waals surface area contributed by atoms with E-state index in [0.717, 1.165) is 0 Å². The first kappa shape index (κ1) is 13.0. The minimum atomic E-state index is -1.40. The maximum atomic E-state index is 13.8. The van der Waals surface area contributed by atoms with Gasteiger partial charge in [-0.3, -0.25) is 0 Å². The van der Waals surface area contributed by atoms with E-state index < -0.39 is 12.1 Å². The number of alkyl halides is 1. The summed E-state index contributed by atoms with van der Waals surface area (Å²) in [6, 6.07) is 2.86. The van der Waals surface area contributed by atoms with E-state index in [1.807, 2.05) is 0 Å². The zero-order valence-electron chi connectivity index (χ0n) is 7.98. The molecular weight excluding hydrogens is 261 g/mol. The van der Waals surface area contributed by atoms with Crippen LogP contribution in [-0.2, 0) is 0 Å². The summed E-state index contributed by atoms with van der Waals surface area (Å²) in [5, 5.41) is 9.57. The molecule has 5 heteroatoms. The molecule has 0 saturated heterocycles. The topological polar surface area (TPSA) is 20.2 Å². The lowest BCUT2D eigenvalue weighted by atomic mass is 9.99. The Kier molecular flexibility index (Phi) is 4.65. The van der Waals surface area contributed by atoms with Crippen LogP contribution >= 0.6 is 34.8 Å². The predicted molar refractivity (Wildman–Crippen MR) is 61.6 cm³/mol. The predicted octanol–water partition coefficient (Wildman–Crippen LogP) is 4.29. The van der Waals surface area contributed by atoms with Crippen molar-refractivity contribution in [1.82, 2.24) is 0 Å². The molecule has 0 amide bonds. The number of aliphatic hydroxyl groups excluding tert-OH is 1. The van der Waals surface area contributed by atoms with Crippen molar-refractivity contribution in [2.24, 2.45) is 5.92 Å². The highest BCUT2D eigenvalue weighted by molar-refractivity contribution is 6.39.